The molecule has 0 unspecified atom stereocenters. The first-order valence-corrected chi connectivity index (χ1v) is 7.18. The molecule has 0 amide bonds. The third kappa shape index (κ3) is 6.86. The fourth-order valence-corrected chi connectivity index (χ4v) is 1.91. The summed E-state index contributed by atoms with van der Waals surface area (Å²) in [6.07, 6.45) is 1.92. The zero-order valence-electron chi connectivity index (χ0n) is 12.5. The van der Waals surface area contributed by atoms with Gasteiger partial charge in [-0.2, -0.15) is 15.8 Å². The summed E-state index contributed by atoms with van der Waals surface area (Å²) in [5.41, 5.74) is 3.10. The van der Waals surface area contributed by atoms with Gasteiger partial charge in [0.1, 0.15) is 0 Å². The molecule has 0 saturated heterocycles. The molecule has 1 aromatic rings. The third-order valence-corrected chi connectivity index (χ3v) is 3.03. The standard InChI is InChI=1S/C17H19N3O2/c18-7-1-4-15-5-6-16(13-21-10-2-8-19)17(12-15)14-22-11-3-9-20/h5-6,12H,1-4,10-11,13-14H2. The van der Waals surface area contributed by atoms with E-state index in [4.69, 9.17) is 25.3 Å². The molecule has 0 atom stereocenters. The first-order chi connectivity index (χ1) is 10.8. The molecule has 0 fully saturated rings. The van der Waals surface area contributed by atoms with Crippen molar-refractivity contribution in [3.8, 4) is 18.2 Å². The lowest BCUT2D eigenvalue weighted by Crippen LogP contribution is -2.03. The first kappa shape index (κ1) is 17.7. The van der Waals surface area contributed by atoms with E-state index in [1.54, 1.807) is 0 Å². The molecule has 0 aliphatic carbocycles. The number of nitrogens with zero attached hydrogens (tertiary/aromatic N) is 3. The van der Waals surface area contributed by atoms with Gasteiger partial charge in [-0.1, -0.05) is 18.2 Å². The van der Waals surface area contributed by atoms with E-state index in [9.17, 15) is 0 Å². The molecule has 0 N–H and O–H groups in total. The highest BCUT2D eigenvalue weighted by molar-refractivity contribution is 5.31. The van der Waals surface area contributed by atoms with E-state index < -0.39 is 0 Å². The lowest BCUT2D eigenvalue weighted by atomic mass is 10.0. The minimum atomic E-state index is 0.363. The molecule has 0 aromatic heterocycles. The summed E-state index contributed by atoms with van der Waals surface area (Å²) in [6, 6.07) is 12.2. The highest BCUT2D eigenvalue weighted by atomic mass is 16.5. The lowest BCUT2D eigenvalue weighted by Gasteiger charge is -2.12. The van der Waals surface area contributed by atoms with Gasteiger partial charge >= 0.3 is 0 Å². The topological polar surface area (TPSA) is 89.8 Å². The second kappa shape index (κ2) is 11.3. The average molecular weight is 297 g/mol. The molecule has 5 nitrogen and oxygen atoms in total. The Labute approximate surface area is 131 Å². The SMILES string of the molecule is N#CCCOCc1ccc(CCC#N)cc1COCCC#N. The Morgan fingerprint density at radius 1 is 0.773 bits per heavy atom. The van der Waals surface area contributed by atoms with Crippen molar-refractivity contribution in [2.24, 2.45) is 0 Å². The van der Waals surface area contributed by atoms with E-state index in [0.717, 1.165) is 16.7 Å². The van der Waals surface area contributed by atoms with Crippen LogP contribution in [-0.4, -0.2) is 13.2 Å². The van der Waals surface area contributed by atoms with Crippen molar-refractivity contribution < 1.29 is 9.47 Å². The molecule has 0 spiro atoms. The predicted octanol–water partition coefficient (Wildman–Crippen LogP) is 3.00. The van der Waals surface area contributed by atoms with E-state index >= 15 is 0 Å². The second-order valence-corrected chi connectivity index (χ2v) is 4.68. The van der Waals surface area contributed by atoms with Crippen molar-refractivity contribution >= 4 is 0 Å². The van der Waals surface area contributed by atoms with E-state index in [-0.39, 0.29) is 0 Å². The van der Waals surface area contributed by atoms with Crippen LogP contribution in [0.4, 0.5) is 0 Å². The van der Waals surface area contributed by atoms with Crippen LogP contribution < -0.4 is 0 Å². The summed E-state index contributed by atoms with van der Waals surface area (Å²) in [7, 11) is 0. The zero-order valence-corrected chi connectivity index (χ0v) is 12.5. The van der Waals surface area contributed by atoms with Crippen LogP contribution in [0.1, 0.15) is 36.0 Å². The number of ether oxygens (including phenoxy) is 2. The number of hydrogen-bond acceptors (Lipinski definition) is 5. The Kier molecular flexibility index (Phi) is 9.06. The molecule has 1 aromatic carbocycles. The minimum Gasteiger partial charge on any atom is -0.376 e. The van der Waals surface area contributed by atoms with E-state index in [1.165, 1.54) is 0 Å². The molecule has 5 heteroatoms. The lowest BCUT2D eigenvalue weighted by molar-refractivity contribution is 0.112. The van der Waals surface area contributed by atoms with Gasteiger partial charge in [0.15, 0.2) is 0 Å². The van der Waals surface area contributed by atoms with Gasteiger partial charge in [-0.15, -0.1) is 0 Å². The minimum absolute atomic E-state index is 0.363. The summed E-state index contributed by atoms with van der Waals surface area (Å²) < 4.78 is 11.0. The molecule has 0 aliphatic heterocycles. The van der Waals surface area contributed by atoms with Crippen molar-refractivity contribution in [1.29, 1.82) is 15.8 Å². The monoisotopic (exact) mass is 297 g/mol. The number of aryl methyl sites for hydroxylation is 1. The van der Waals surface area contributed by atoms with Crippen molar-refractivity contribution in [3.63, 3.8) is 0 Å². The fraction of sp³-hybridized carbons (Fsp3) is 0.471. The molecule has 0 heterocycles. The van der Waals surface area contributed by atoms with Crippen molar-refractivity contribution in [3.05, 3.63) is 34.9 Å². The van der Waals surface area contributed by atoms with E-state index in [1.807, 2.05) is 30.3 Å². The van der Waals surface area contributed by atoms with Crippen LogP contribution in [0.2, 0.25) is 0 Å². The van der Waals surface area contributed by atoms with Crippen molar-refractivity contribution in [2.75, 3.05) is 13.2 Å². The number of benzene rings is 1. The van der Waals surface area contributed by atoms with Gasteiger partial charge in [-0.25, -0.2) is 0 Å². The Hall–Kier alpha value is -2.39. The Morgan fingerprint density at radius 3 is 1.95 bits per heavy atom. The van der Waals surface area contributed by atoms with Gasteiger partial charge in [0.2, 0.25) is 0 Å². The van der Waals surface area contributed by atoms with Gasteiger partial charge in [-0.05, 0) is 23.1 Å². The summed E-state index contributed by atoms with van der Waals surface area (Å²) in [6.45, 7) is 1.64. The maximum absolute atomic E-state index is 8.67. The maximum atomic E-state index is 8.67. The fourth-order valence-electron chi connectivity index (χ4n) is 1.91. The van der Waals surface area contributed by atoms with Crippen LogP contribution in [0.3, 0.4) is 0 Å². The van der Waals surface area contributed by atoms with Gasteiger partial charge < -0.3 is 9.47 Å². The first-order valence-electron chi connectivity index (χ1n) is 7.18. The Bertz CT molecular complexity index is 579. The van der Waals surface area contributed by atoms with Gasteiger partial charge in [0.25, 0.3) is 0 Å². The molecule has 0 aliphatic rings. The molecular weight excluding hydrogens is 278 g/mol. The number of hydrogen-bond donors (Lipinski definition) is 0. The molecule has 22 heavy (non-hydrogen) atoms. The third-order valence-electron chi connectivity index (χ3n) is 3.03. The van der Waals surface area contributed by atoms with Gasteiger partial charge in [0.05, 0.1) is 57.5 Å². The average Bonchev–Trinajstić information content (AvgIpc) is 2.55. The molecule has 0 saturated carbocycles. The largest absolute Gasteiger partial charge is 0.376 e. The van der Waals surface area contributed by atoms with Crippen LogP contribution in [0.15, 0.2) is 18.2 Å². The normalized spacial score (nSPS) is 9.68. The molecular formula is C17H19N3O2. The highest BCUT2D eigenvalue weighted by Crippen LogP contribution is 2.16. The Balaban J connectivity index is 2.68. The van der Waals surface area contributed by atoms with Crippen LogP contribution in [0.5, 0.6) is 0 Å². The number of rotatable bonds is 10. The second-order valence-electron chi connectivity index (χ2n) is 4.68. The maximum Gasteiger partial charge on any atom is 0.0720 e. The van der Waals surface area contributed by atoms with Crippen molar-refractivity contribution in [1.82, 2.24) is 0 Å². The molecule has 1 rings (SSSR count). The van der Waals surface area contributed by atoms with Crippen LogP contribution in [-0.2, 0) is 29.1 Å². The Morgan fingerprint density at radius 2 is 1.36 bits per heavy atom. The van der Waals surface area contributed by atoms with Gasteiger partial charge in [-0.3, -0.25) is 0 Å². The summed E-state index contributed by atoms with van der Waals surface area (Å²) in [4.78, 5) is 0. The van der Waals surface area contributed by atoms with Crippen LogP contribution in [0, 0.1) is 34.0 Å². The highest BCUT2D eigenvalue weighted by Gasteiger charge is 2.05. The number of nitriles is 3. The van der Waals surface area contributed by atoms with Crippen LogP contribution >= 0.6 is 0 Å². The molecule has 0 radical (unpaired) electrons. The van der Waals surface area contributed by atoms with E-state index in [0.29, 0.717) is 52.1 Å². The van der Waals surface area contributed by atoms with Crippen molar-refractivity contribution in [2.45, 2.75) is 38.9 Å². The molecule has 114 valence electrons. The summed E-state index contributed by atoms with van der Waals surface area (Å²) in [5, 5.41) is 25.7. The quantitative estimate of drug-likeness (QED) is 0.619. The predicted molar refractivity (Wildman–Crippen MR) is 80.1 cm³/mol. The zero-order chi connectivity index (χ0) is 16.0. The van der Waals surface area contributed by atoms with Gasteiger partial charge in [0, 0.05) is 6.42 Å². The van der Waals surface area contributed by atoms with E-state index in [2.05, 4.69) is 6.07 Å². The smallest absolute Gasteiger partial charge is 0.0720 e. The van der Waals surface area contributed by atoms with Crippen LogP contribution in [0.25, 0.3) is 0 Å². The summed E-state index contributed by atoms with van der Waals surface area (Å²) in [5.74, 6) is 0. The molecule has 0 bridgehead atoms. The summed E-state index contributed by atoms with van der Waals surface area (Å²) >= 11 is 0.